The molecule has 2 atom stereocenters. The summed E-state index contributed by atoms with van der Waals surface area (Å²) < 4.78 is 34.0. The summed E-state index contributed by atoms with van der Waals surface area (Å²) in [5, 5.41) is 0. The number of hydrogen-bond acceptors (Lipinski definition) is 7. The van der Waals surface area contributed by atoms with Crippen molar-refractivity contribution in [2.45, 2.75) is 129 Å². The molecule has 0 spiro atoms. The van der Waals surface area contributed by atoms with Crippen LogP contribution >= 0.6 is 7.82 Å². The van der Waals surface area contributed by atoms with Crippen LogP contribution in [0.25, 0.3) is 0 Å². The van der Waals surface area contributed by atoms with Crippen molar-refractivity contribution in [3.63, 3.8) is 0 Å². The molecule has 0 aromatic carbocycles. The Morgan fingerprint density at radius 2 is 1.21 bits per heavy atom. The number of unbranched alkanes of at least 4 members (excludes halogenated alkanes) is 14. The van der Waals surface area contributed by atoms with E-state index in [1.165, 1.54) is 70.6 Å². The van der Waals surface area contributed by atoms with Crippen molar-refractivity contribution in [3.05, 3.63) is 0 Å². The van der Waals surface area contributed by atoms with Gasteiger partial charge in [-0.05, 0) is 12.8 Å². The molecule has 0 bridgehead atoms. The van der Waals surface area contributed by atoms with Crippen molar-refractivity contribution in [3.8, 4) is 0 Å². The van der Waals surface area contributed by atoms with Crippen molar-refractivity contribution in [1.29, 1.82) is 0 Å². The summed E-state index contributed by atoms with van der Waals surface area (Å²) in [7, 11) is 1.36. The highest BCUT2D eigenvalue weighted by atomic mass is 31.2. The second-order valence-electron chi connectivity index (χ2n) is 11.5. The standard InChI is InChI=1S/C29H60NO7P/c1-6-8-10-12-14-15-16-18-20-22-29(31)37-28(26-34-24-21-19-17-13-11-9-7-2)27-36-38(32,33)35-25-23-30(3,4)5/h28H,6-27H2,1-5H3. The minimum atomic E-state index is -4.49. The van der Waals surface area contributed by atoms with Crippen LogP contribution in [0.4, 0.5) is 0 Å². The van der Waals surface area contributed by atoms with Crippen LogP contribution in [-0.4, -0.2) is 70.7 Å². The van der Waals surface area contributed by atoms with E-state index in [1.807, 2.05) is 21.1 Å². The maximum atomic E-state index is 12.4. The second-order valence-corrected chi connectivity index (χ2v) is 12.9. The highest BCUT2D eigenvalue weighted by Gasteiger charge is 2.20. The molecule has 0 N–H and O–H groups in total. The van der Waals surface area contributed by atoms with Crippen LogP contribution in [0.15, 0.2) is 0 Å². The van der Waals surface area contributed by atoms with E-state index in [4.69, 9.17) is 18.5 Å². The highest BCUT2D eigenvalue weighted by molar-refractivity contribution is 7.45. The van der Waals surface area contributed by atoms with Gasteiger partial charge in [-0.2, -0.15) is 0 Å². The van der Waals surface area contributed by atoms with E-state index in [0.717, 1.165) is 32.1 Å². The van der Waals surface area contributed by atoms with Crippen LogP contribution in [-0.2, 0) is 27.9 Å². The lowest BCUT2D eigenvalue weighted by Crippen LogP contribution is -2.37. The summed E-state index contributed by atoms with van der Waals surface area (Å²) in [6.07, 6.45) is 18.3. The van der Waals surface area contributed by atoms with Crippen LogP contribution in [0.1, 0.15) is 123 Å². The van der Waals surface area contributed by atoms with E-state index in [0.29, 0.717) is 24.1 Å². The molecule has 0 saturated heterocycles. The molecule has 228 valence electrons. The molecule has 0 aliphatic rings. The molecular formula is C29H60NO7P. The lowest BCUT2D eigenvalue weighted by molar-refractivity contribution is -0.870. The molecule has 0 fully saturated rings. The third-order valence-corrected chi connectivity index (χ3v) is 7.37. The highest BCUT2D eigenvalue weighted by Crippen LogP contribution is 2.38. The van der Waals surface area contributed by atoms with Gasteiger partial charge >= 0.3 is 5.97 Å². The number of esters is 1. The number of quaternary nitrogens is 1. The maximum Gasteiger partial charge on any atom is 0.306 e. The van der Waals surface area contributed by atoms with Gasteiger partial charge in [-0.1, -0.05) is 104 Å². The van der Waals surface area contributed by atoms with Crippen LogP contribution in [0.3, 0.4) is 0 Å². The number of carbonyl (C=O) groups excluding carboxylic acids is 1. The fourth-order valence-corrected chi connectivity index (χ4v) is 4.68. The molecule has 38 heavy (non-hydrogen) atoms. The average molecular weight is 566 g/mol. The first-order valence-electron chi connectivity index (χ1n) is 15.3. The first-order chi connectivity index (χ1) is 18.1. The van der Waals surface area contributed by atoms with E-state index >= 15 is 0 Å². The number of ether oxygens (including phenoxy) is 2. The van der Waals surface area contributed by atoms with Crippen molar-refractivity contribution >= 4 is 13.8 Å². The Balaban J connectivity index is 4.39. The summed E-state index contributed by atoms with van der Waals surface area (Å²) in [6.45, 7) is 5.34. The van der Waals surface area contributed by atoms with Crippen molar-refractivity contribution in [2.24, 2.45) is 0 Å². The Hall–Kier alpha value is -0.500. The van der Waals surface area contributed by atoms with E-state index in [-0.39, 0.29) is 25.8 Å². The summed E-state index contributed by atoms with van der Waals surface area (Å²) in [5.74, 6) is -0.340. The minimum Gasteiger partial charge on any atom is -0.756 e. The maximum absolute atomic E-state index is 12.4. The molecule has 0 aromatic heterocycles. The number of nitrogens with zero attached hydrogens (tertiary/aromatic N) is 1. The summed E-state index contributed by atoms with van der Waals surface area (Å²) in [6, 6.07) is 0. The number of likely N-dealkylation sites (N-methyl/N-ethyl adjacent to an activating group) is 1. The molecule has 0 heterocycles. The number of phosphoric acid groups is 1. The summed E-state index contributed by atoms with van der Waals surface area (Å²) in [4.78, 5) is 24.6. The SMILES string of the molecule is CCCCCCCCCCCC(=O)OC(COCCCCCCCCC)COP(=O)([O-])OCC[N+](C)(C)C. The van der Waals surface area contributed by atoms with E-state index < -0.39 is 13.9 Å². The fourth-order valence-electron chi connectivity index (χ4n) is 3.96. The summed E-state index contributed by atoms with van der Waals surface area (Å²) >= 11 is 0. The van der Waals surface area contributed by atoms with Crippen molar-refractivity contribution in [2.75, 3.05) is 54.1 Å². The van der Waals surface area contributed by atoms with Gasteiger partial charge in [0, 0.05) is 13.0 Å². The smallest absolute Gasteiger partial charge is 0.306 e. The van der Waals surface area contributed by atoms with Crippen molar-refractivity contribution < 1.29 is 37.3 Å². The molecule has 0 aromatic rings. The molecule has 0 saturated carbocycles. The van der Waals surface area contributed by atoms with E-state index in [1.54, 1.807) is 0 Å². The van der Waals surface area contributed by atoms with Gasteiger partial charge in [0.25, 0.3) is 7.82 Å². The van der Waals surface area contributed by atoms with Gasteiger partial charge in [-0.15, -0.1) is 0 Å². The molecular weight excluding hydrogens is 505 g/mol. The molecule has 9 heteroatoms. The zero-order valence-corrected chi connectivity index (χ0v) is 26.3. The number of carbonyl (C=O) groups is 1. The van der Waals surface area contributed by atoms with E-state index in [2.05, 4.69) is 13.8 Å². The van der Waals surface area contributed by atoms with Crippen molar-refractivity contribution in [1.82, 2.24) is 0 Å². The summed E-state index contributed by atoms with van der Waals surface area (Å²) in [5.41, 5.74) is 0. The fraction of sp³-hybridized carbons (Fsp3) is 0.966. The zero-order valence-electron chi connectivity index (χ0n) is 25.4. The zero-order chi connectivity index (χ0) is 28.5. The lowest BCUT2D eigenvalue weighted by Gasteiger charge is -2.28. The molecule has 8 nitrogen and oxygen atoms in total. The van der Waals surface area contributed by atoms with Gasteiger partial charge < -0.3 is 27.9 Å². The monoisotopic (exact) mass is 565 g/mol. The minimum absolute atomic E-state index is 0.0299. The average Bonchev–Trinajstić information content (AvgIpc) is 2.84. The van der Waals surface area contributed by atoms with E-state index in [9.17, 15) is 14.3 Å². The molecule has 0 aliphatic heterocycles. The Kier molecular flexibility index (Phi) is 24.0. The third kappa shape index (κ3) is 27.1. The predicted octanol–water partition coefficient (Wildman–Crippen LogP) is 6.79. The van der Waals surface area contributed by atoms with Gasteiger partial charge in [0.15, 0.2) is 0 Å². The molecule has 0 aliphatic carbocycles. The number of phosphoric ester groups is 1. The van der Waals surface area contributed by atoms with Crippen LogP contribution in [0, 0.1) is 0 Å². The Bertz CT molecular complexity index is 598. The molecule has 0 rings (SSSR count). The van der Waals surface area contributed by atoms with Crippen LogP contribution in [0.5, 0.6) is 0 Å². The molecule has 2 unspecified atom stereocenters. The first kappa shape index (κ1) is 37.5. The normalized spacial score (nSPS) is 14.4. The first-order valence-corrected chi connectivity index (χ1v) is 16.7. The Labute approximate surface area is 234 Å². The van der Waals surface area contributed by atoms with Gasteiger partial charge in [0.05, 0.1) is 34.4 Å². The topological polar surface area (TPSA) is 94.1 Å². The predicted molar refractivity (Wildman–Crippen MR) is 153 cm³/mol. The van der Waals surface area contributed by atoms with Gasteiger partial charge in [-0.3, -0.25) is 9.36 Å². The molecule has 0 radical (unpaired) electrons. The van der Waals surface area contributed by atoms with Gasteiger partial charge in [-0.25, -0.2) is 0 Å². The lowest BCUT2D eigenvalue weighted by atomic mass is 10.1. The quantitative estimate of drug-likeness (QED) is 0.0446. The Morgan fingerprint density at radius 3 is 1.74 bits per heavy atom. The van der Waals surface area contributed by atoms with Gasteiger partial charge in [0.1, 0.15) is 19.3 Å². The van der Waals surface area contributed by atoms with Crippen LogP contribution in [0.2, 0.25) is 0 Å². The van der Waals surface area contributed by atoms with Gasteiger partial charge in [0.2, 0.25) is 0 Å². The Morgan fingerprint density at radius 1 is 0.711 bits per heavy atom. The largest absolute Gasteiger partial charge is 0.756 e. The molecule has 0 amide bonds. The number of rotatable bonds is 28. The number of hydrogen-bond donors (Lipinski definition) is 0. The van der Waals surface area contributed by atoms with Crippen LogP contribution < -0.4 is 4.89 Å². The second kappa shape index (κ2) is 24.3. The third-order valence-electron chi connectivity index (χ3n) is 6.41.